The van der Waals surface area contributed by atoms with Gasteiger partial charge in [0.2, 0.25) is 0 Å². The normalized spacial score (nSPS) is 9.14. The fraction of sp³-hybridized carbons (Fsp3) is 0.273. The second-order valence-corrected chi connectivity index (χ2v) is 3.56. The van der Waals surface area contributed by atoms with Crippen molar-refractivity contribution in [1.29, 1.82) is 0 Å². The molecule has 1 aromatic carbocycles. The van der Waals surface area contributed by atoms with Crippen LogP contribution in [0.4, 0.5) is 0 Å². The number of aromatic nitrogens is 1. The molecule has 0 radical (unpaired) electrons. The van der Waals surface area contributed by atoms with E-state index in [4.69, 9.17) is 0 Å². The van der Waals surface area contributed by atoms with E-state index < -0.39 is 0 Å². The summed E-state index contributed by atoms with van der Waals surface area (Å²) in [4.78, 5) is 4.54. The lowest BCUT2D eigenvalue weighted by molar-refractivity contribution is -0.836. The summed E-state index contributed by atoms with van der Waals surface area (Å²) < 4.78 is 0. The lowest BCUT2D eigenvalue weighted by Gasteiger charge is -1.88. The van der Waals surface area contributed by atoms with Crippen LogP contribution in [0.5, 0.6) is 0 Å². The summed E-state index contributed by atoms with van der Waals surface area (Å²) in [5.74, 6) is 0. The largest absolute Gasteiger partial charge is 1.00 e. The molecule has 2 aromatic rings. The number of hydrogen-bond donors (Lipinski definition) is 2. The quantitative estimate of drug-likeness (QED) is 0.501. The van der Waals surface area contributed by atoms with Crippen molar-refractivity contribution < 1.29 is 17.3 Å². The lowest BCUT2D eigenvalue weighted by Crippen LogP contribution is -3.02. The number of para-hydroxylation sites is 1. The minimum absolute atomic E-state index is 0. The van der Waals surface area contributed by atoms with Gasteiger partial charge in [0.15, 0.2) is 0 Å². The lowest BCUT2D eigenvalue weighted by atomic mass is 10.3. The molecule has 0 aliphatic rings. The van der Waals surface area contributed by atoms with Crippen molar-refractivity contribution in [3.63, 3.8) is 0 Å². The van der Waals surface area contributed by atoms with Gasteiger partial charge in [-0.1, -0.05) is 18.2 Å². The topological polar surface area (TPSA) is 20.2 Å². The molecular formula is C11H17ClN2. The molecule has 0 saturated carbocycles. The van der Waals surface area contributed by atoms with Crippen molar-refractivity contribution in [3.05, 3.63) is 36.5 Å². The molecular weight excluding hydrogens is 196 g/mol. The fourth-order valence-corrected chi connectivity index (χ4v) is 0.995. The van der Waals surface area contributed by atoms with Gasteiger partial charge in [0, 0.05) is 11.7 Å². The summed E-state index contributed by atoms with van der Waals surface area (Å²) in [6.45, 7) is 0. The Hall–Kier alpha value is -0.990. The van der Waals surface area contributed by atoms with Crippen LogP contribution in [-0.4, -0.2) is 26.1 Å². The summed E-state index contributed by atoms with van der Waals surface area (Å²) in [5.41, 5.74) is 1.21. The van der Waals surface area contributed by atoms with Gasteiger partial charge in [0.25, 0.3) is 0 Å². The summed E-state index contributed by atoms with van der Waals surface area (Å²) in [6.07, 6.45) is 1.95. The third kappa shape index (κ3) is 4.30. The minimum Gasteiger partial charge on any atom is -1.00 e. The standard InChI is InChI=1S/C8H7N.C3H9N.ClH/c1-2-4-8-7(3-1)5-6-9-8;1-4(2)3;/h1-6,9H;1-3H3;1H. The Kier molecular flexibility index (Phi) is 6.00. The predicted octanol–water partition coefficient (Wildman–Crippen LogP) is -2.07. The monoisotopic (exact) mass is 212 g/mol. The Morgan fingerprint density at radius 3 is 2.14 bits per heavy atom. The summed E-state index contributed by atoms with van der Waals surface area (Å²) in [5, 5.41) is 1.28. The Morgan fingerprint density at radius 2 is 1.57 bits per heavy atom. The number of aromatic amines is 1. The Balaban J connectivity index is 0.000000299. The minimum atomic E-state index is 0. The molecule has 0 saturated heterocycles. The van der Waals surface area contributed by atoms with Crippen molar-refractivity contribution >= 4 is 10.9 Å². The molecule has 0 aliphatic heterocycles. The summed E-state index contributed by atoms with van der Waals surface area (Å²) >= 11 is 0. The first-order valence-electron chi connectivity index (χ1n) is 4.49. The van der Waals surface area contributed by atoms with E-state index in [1.54, 1.807) is 0 Å². The highest BCUT2D eigenvalue weighted by Crippen LogP contribution is 2.09. The van der Waals surface area contributed by atoms with E-state index >= 15 is 0 Å². The SMILES string of the molecule is C[NH+](C)C.[Cl-].c1ccc2[nH]ccc2c1. The molecule has 0 fully saturated rings. The highest BCUT2D eigenvalue weighted by Gasteiger charge is 1.86. The molecule has 2 N–H and O–H groups in total. The second-order valence-electron chi connectivity index (χ2n) is 3.56. The molecule has 0 amide bonds. The molecule has 2 rings (SSSR count). The number of benzene rings is 1. The van der Waals surface area contributed by atoms with Crippen molar-refractivity contribution in [2.45, 2.75) is 0 Å². The molecule has 2 nitrogen and oxygen atoms in total. The molecule has 3 heteroatoms. The van der Waals surface area contributed by atoms with E-state index in [9.17, 15) is 0 Å². The summed E-state index contributed by atoms with van der Waals surface area (Å²) in [6, 6.07) is 10.3. The molecule has 78 valence electrons. The highest BCUT2D eigenvalue weighted by molar-refractivity contribution is 5.78. The van der Waals surface area contributed by atoms with E-state index in [1.165, 1.54) is 15.8 Å². The van der Waals surface area contributed by atoms with Gasteiger partial charge in [-0.05, 0) is 17.5 Å². The van der Waals surface area contributed by atoms with E-state index in [1.807, 2.05) is 18.3 Å². The van der Waals surface area contributed by atoms with Gasteiger partial charge in [-0.3, -0.25) is 0 Å². The molecule has 0 spiro atoms. The smallest absolute Gasteiger partial charge is 0.0661 e. The van der Waals surface area contributed by atoms with Crippen LogP contribution in [0.3, 0.4) is 0 Å². The maximum absolute atomic E-state index is 3.12. The van der Waals surface area contributed by atoms with Crippen molar-refractivity contribution in [2.75, 3.05) is 21.1 Å². The predicted molar refractivity (Wildman–Crippen MR) is 57.0 cm³/mol. The van der Waals surface area contributed by atoms with Crippen LogP contribution >= 0.6 is 0 Å². The zero-order valence-corrected chi connectivity index (χ0v) is 9.60. The third-order valence-electron chi connectivity index (χ3n) is 1.46. The molecule has 14 heavy (non-hydrogen) atoms. The van der Waals surface area contributed by atoms with Crippen LogP contribution in [0.15, 0.2) is 36.5 Å². The molecule has 1 heterocycles. The van der Waals surface area contributed by atoms with Gasteiger partial charge in [-0.25, -0.2) is 0 Å². The number of nitrogens with one attached hydrogen (secondary N) is 2. The van der Waals surface area contributed by atoms with Crippen LogP contribution in [0, 0.1) is 0 Å². The number of rotatable bonds is 0. The number of hydrogen-bond acceptors (Lipinski definition) is 0. The molecule has 1 aromatic heterocycles. The van der Waals surface area contributed by atoms with E-state index in [2.05, 4.69) is 44.3 Å². The number of H-pyrrole nitrogens is 1. The van der Waals surface area contributed by atoms with E-state index in [0.29, 0.717) is 0 Å². The second kappa shape index (κ2) is 6.46. The molecule has 0 unspecified atom stereocenters. The molecule has 0 atom stereocenters. The van der Waals surface area contributed by atoms with Gasteiger partial charge < -0.3 is 22.3 Å². The molecule has 0 aliphatic carbocycles. The first-order valence-corrected chi connectivity index (χ1v) is 4.49. The van der Waals surface area contributed by atoms with E-state index in [-0.39, 0.29) is 12.4 Å². The van der Waals surface area contributed by atoms with Gasteiger partial charge >= 0.3 is 0 Å². The van der Waals surface area contributed by atoms with E-state index in [0.717, 1.165) is 0 Å². The van der Waals surface area contributed by atoms with Crippen LogP contribution in [-0.2, 0) is 0 Å². The van der Waals surface area contributed by atoms with Crippen LogP contribution in [0.2, 0.25) is 0 Å². The zero-order chi connectivity index (χ0) is 9.68. The van der Waals surface area contributed by atoms with Crippen molar-refractivity contribution in [1.82, 2.24) is 4.98 Å². The van der Waals surface area contributed by atoms with Crippen LogP contribution in [0.1, 0.15) is 0 Å². The van der Waals surface area contributed by atoms with Gasteiger partial charge in [-0.15, -0.1) is 0 Å². The highest BCUT2D eigenvalue weighted by atomic mass is 35.5. The van der Waals surface area contributed by atoms with Gasteiger partial charge in [-0.2, -0.15) is 0 Å². The number of halogens is 1. The first-order chi connectivity index (χ1) is 6.20. The zero-order valence-electron chi connectivity index (χ0n) is 8.84. The molecule has 0 bridgehead atoms. The van der Waals surface area contributed by atoms with Gasteiger partial charge in [0.1, 0.15) is 0 Å². The Labute approximate surface area is 91.3 Å². The Bertz CT molecular complexity index is 322. The maximum atomic E-state index is 3.12. The van der Waals surface area contributed by atoms with Gasteiger partial charge in [0.05, 0.1) is 21.1 Å². The average Bonchev–Trinajstić information content (AvgIpc) is 2.49. The average molecular weight is 213 g/mol. The first kappa shape index (κ1) is 13.0. The number of fused-ring (bicyclic) bond motifs is 1. The third-order valence-corrected chi connectivity index (χ3v) is 1.46. The maximum Gasteiger partial charge on any atom is 0.0661 e. The fourth-order valence-electron chi connectivity index (χ4n) is 0.995. The van der Waals surface area contributed by atoms with Crippen LogP contribution in [0.25, 0.3) is 10.9 Å². The Morgan fingerprint density at radius 1 is 1.00 bits per heavy atom. The number of quaternary nitrogens is 1. The van der Waals surface area contributed by atoms with Crippen molar-refractivity contribution in [2.24, 2.45) is 0 Å². The van der Waals surface area contributed by atoms with Crippen LogP contribution < -0.4 is 17.3 Å². The summed E-state index contributed by atoms with van der Waals surface area (Å²) in [7, 11) is 6.25. The van der Waals surface area contributed by atoms with Crippen molar-refractivity contribution in [3.8, 4) is 0 Å².